The highest BCUT2D eigenvalue weighted by Gasteiger charge is 2.31. The number of hydrogen-bond acceptors (Lipinski definition) is 1. The second kappa shape index (κ2) is 6.29. The fourth-order valence-electron chi connectivity index (χ4n) is 3.03. The summed E-state index contributed by atoms with van der Waals surface area (Å²) in [5, 5.41) is 3.54. The molecule has 110 valence electrons. The first-order valence-electron chi connectivity index (χ1n) is 7.39. The Morgan fingerprint density at radius 2 is 1.76 bits per heavy atom. The summed E-state index contributed by atoms with van der Waals surface area (Å²) in [6.07, 6.45) is 2.25. The molecule has 0 unspecified atom stereocenters. The molecule has 1 fully saturated rings. The summed E-state index contributed by atoms with van der Waals surface area (Å²) in [5.41, 5.74) is 2.15. The third-order valence-electron chi connectivity index (χ3n) is 4.34. The number of benzene rings is 2. The average Bonchev–Trinajstić information content (AvgIpc) is 2.44. The Bertz CT molecular complexity index is 605. The molecular weight excluding hydrogens is 329 g/mol. The van der Waals surface area contributed by atoms with Gasteiger partial charge in [0.05, 0.1) is 0 Å². The van der Waals surface area contributed by atoms with E-state index in [4.69, 9.17) is 0 Å². The van der Waals surface area contributed by atoms with Gasteiger partial charge < -0.3 is 5.32 Å². The molecule has 1 N–H and O–H groups in total. The van der Waals surface area contributed by atoms with E-state index < -0.39 is 0 Å². The van der Waals surface area contributed by atoms with E-state index >= 15 is 0 Å². The Kier molecular flexibility index (Phi) is 4.41. The van der Waals surface area contributed by atoms with Gasteiger partial charge in [0.1, 0.15) is 5.82 Å². The first-order chi connectivity index (χ1) is 10.1. The van der Waals surface area contributed by atoms with Crippen molar-refractivity contribution in [3.05, 3.63) is 69.9 Å². The van der Waals surface area contributed by atoms with Gasteiger partial charge >= 0.3 is 0 Å². The molecule has 21 heavy (non-hydrogen) atoms. The molecule has 0 bridgehead atoms. The first-order valence-corrected chi connectivity index (χ1v) is 8.18. The summed E-state index contributed by atoms with van der Waals surface area (Å²) in [5.74, 6) is 0.504. The molecule has 1 aliphatic rings. The molecular formula is C18H19BrFN. The number of hydrogen-bond donors (Lipinski definition) is 1. The van der Waals surface area contributed by atoms with E-state index in [9.17, 15) is 4.39 Å². The van der Waals surface area contributed by atoms with Crippen molar-refractivity contribution in [3.8, 4) is 0 Å². The van der Waals surface area contributed by atoms with Gasteiger partial charge in [-0.2, -0.15) is 0 Å². The fraction of sp³-hybridized carbons (Fsp3) is 0.333. The van der Waals surface area contributed by atoms with Crippen LogP contribution in [0.25, 0.3) is 0 Å². The van der Waals surface area contributed by atoms with Crippen LogP contribution in [-0.4, -0.2) is 6.04 Å². The Morgan fingerprint density at radius 1 is 1.10 bits per heavy atom. The standard InChI is InChI=1S/C18H19BrFN/c1-12(17-4-2-3-5-18(17)20)21-16-10-14(11-16)13-6-8-15(19)9-7-13/h2-9,12,14,16,21H,10-11H2,1H3/t12-,14?,16?/m1/s1. The molecule has 0 spiro atoms. The smallest absolute Gasteiger partial charge is 0.127 e. The Labute approximate surface area is 133 Å². The molecule has 1 atom stereocenters. The lowest BCUT2D eigenvalue weighted by Gasteiger charge is -2.38. The molecule has 2 aromatic carbocycles. The van der Waals surface area contributed by atoms with Crippen molar-refractivity contribution in [2.75, 3.05) is 0 Å². The maximum Gasteiger partial charge on any atom is 0.127 e. The van der Waals surface area contributed by atoms with E-state index in [1.807, 2.05) is 19.1 Å². The summed E-state index contributed by atoms with van der Waals surface area (Å²) < 4.78 is 14.9. The lowest BCUT2D eigenvalue weighted by molar-refractivity contribution is 0.269. The van der Waals surface area contributed by atoms with E-state index in [-0.39, 0.29) is 11.9 Å². The van der Waals surface area contributed by atoms with Gasteiger partial charge in [0.15, 0.2) is 0 Å². The molecule has 1 aliphatic carbocycles. The van der Waals surface area contributed by atoms with Gasteiger partial charge in [-0.1, -0.05) is 46.3 Å². The predicted molar refractivity (Wildman–Crippen MR) is 87.9 cm³/mol. The summed E-state index contributed by atoms with van der Waals surface area (Å²) >= 11 is 3.46. The molecule has 0 heterocycles. The highest BCUT2D eigenvalue weighted by atomic mass is 79.9. The summed E-state index contributed by atoms with van der Waals surface area (Å²) in [6.45, 7) is 2.03. The minimum atomic E-state index is -0.124. The van der Waals surface area contributed by atoms with Gasteiger partial charge in [-0.05, 0) is 49.4 Å². The SMILES string of the molecule is C[C@@H](NC1CC(c2ccc(Br)cc2)C1)c1ccccc1F. The molecule has 1 saturated carbocycles. The Morgan fingerprint density at radius 3 is 2.43 bits per heavy atom. The van der Waals surface area contributed by atoms with Crippen molar-refractivity contribution in [3.63, 3.8) is 0 Å². The van der Waals surface area contributed by atoms with Gasteiger partial charge in [0, 0.05) is 22.1 Å². The molecule has 2 aromatic rings. The zero-order chi connectivity index (χ0) is 14.8. The van der Waals surface area contributed by atoms with Crippen molar-refractivity contribution < 1.29 is 4.39 Å². The monoisotopic (exact) mass is 347 g/mol. The van der Waals surface area contributed by atoms with Crippen LogP contribution >= 0.6 is 15.9 Å². The topological polar surface area (TPSA) is 12.0 Å². The van der Waals surface area contributed by atoms with Crippen LogP contribution < -0.4 is 5.32 Å². The molecule has 0 amide bonds. The Balaban J connectivity index is 1.55. The minimum Gasteiger partial charge on any atom is -0.307 e. The number of halogens is 2. The molecule has 0 aromatic heterocycles. The lowest BCUT2D eigenvalue weighted by atomic mass is 9.75. The molecule has 3 rings (SSSR count). The highest BCUT2D eigenvalue weighted by Crippen LogP contribution is 2.38. The fourth-order valence-corrected chi connectivity index (χ4v) is 3.29. The summed E-state index contributed by atoms with van der Waals surface area (Å²) in [4.78, 5) is 0. The maximum absolute atomic E-state index is 13.7. The molecule has 0 aliphatic heterocycles. The second-order valence-corrected chi connectivity index (χ2v) is 6.74. The van der Waals surface area contributed by atoms with Crippen LogP contribution in [0.2, 0.25) is 0 Å². The molecule has 3 heteroatoms. The first kappa shape index (κ1) is 14.7. The van der Waals surface area contributed by atoms with Crippen LogP contribution in [0, 0.1) is 5.82 Å². The second-order valence-electron chi connectivity index (χ2n) is 5.83. The van der Waals surface area contributed by atoms with Crippen molar-refractivity contribution in [2.24, 2.45) is 0 Å². The van der Waals surface area contributed by atoms with Crippen LogP contribution in [0.15, 0.2) is 53.0 Å². The van der Waals surface area contributed by atoms with Crippen molar-refractivity contribution in [1.29, 1.82) is 0 Å². The van der Waals surface area contributed by atoms with E-state index in [1.165, 1.54) is 11.6 Å². The summed E-state index contributed by atoms with van der Waals surface area (Å²) in [6, 6.07) is 16.1. The van der Waals surface area contributed by atoms with E-state index in [0.29, 0.717) is 12.0 Å². The third-order valence-corrected chi connectivity index (χ3v) is 4.87. The quantitative estimate of drug-likeness (QED) is 0.802. The summed E-state index contributed by atoms with van der Waals surface area (Å²) in [7, 11) is 0. The lowest BCUT2D eigenvalue weighted by Crippen LogP contribution is -2.41. The highest BCUT2D eigenvalue weighted by molar-refractivity contribution is 9.10. The minimum absolute atomic E-state index is 0.0575. The van der Waals surface area contributed by atoms with Crippen LogP contribution in [0.4, 0.5) is 4.39 Å². The molecule has 0 radical (unpaired) electrons. The van der Waals surface area contributed by atoms with Gasteiger partial charge in [0.25, 0.3) is 0 Å². The predicted octanol–water partition coefficient (Wildman–Crippen LogP) is 5.19. The third kappa shape index (κ3) is 3.35. The zero-order valence-electron chi connectivity index (χ0n) is 12.0. The largest absolute Gasteiger partial charge is 0.307 e. The van der Waals surface area contributed by atoms with E-state index in [1.54, 1.807) is 6.07 Å². The Hall–Kier alpha value is -1.19. The van der Waals surface area contributed by atoms with Crippen molar-refractivity contribution in [2.45, 2.75) is 37.8 Å². The average molecular weight is 348 g/mol. The van der Waals surface area contributed by atoms with E-state index in [0.717, 1.165) is 22.9 Å². The van der Waals surface area contributed by atoms with Crippen molar-refractivity contribution >= 4 is 15.9 Å². The number of nitrogens with one attached hydrogen (secondary N) is 1. The molecule has 0 saturated heterocycles. The van der Waals surface area contributed by atoms with Gasteiger partial charge in [-0.25, -0.2) is 4.39 Å². The van der Waals surface area contributed by atoms with Gasteiger partial charge in [-0.3, -0.25) is 0 Å². The zero-order valence-corrected chi connectivity index (χ0v) is 13.6. The van der Waals surface area contributed by atoms with Gasteiger partial charge in [-0.15, -0.1) is 0 Å². The number of rotatable bonds is 4. The van der Waals surface area contributed by atoms with E-state index in [2.05, 4.69) is 45.5 Å². The van der Waals surface area contributed by atoms with Crippen LogP contribution in [-0.2, 0) is 0 Å². The normalized spacial score (nSPS) is 22.6. The van der Waals surface area contributed by atoms with Crippen LogP contribution in [0.1, 0.15) is 42.9 Å². The maximum atomic E-state index is 13.7. The van der Waals surface area contributed by atoms with Gasteiger partial charge in [0.2, 0.25) is 0 Å². The van der Waals surface area contributed by atoms with Crippen LogP contribution in [0.5, 0.6) is 0 Å². The van der Waals surface area contributed by atoms with Crippen LogP contribution in [0.3, 0.4) is 0 Å². The molecule has 1 nitrogen and oxygen atoms in total. The van der Waals surface area contributed by atoms with Crippen molar-refractivity contribution in [1.82, 2.24) is 5.32 Å².